The van der Waals surface area contributed by atoms with E-state index in [1.807, 2.05) is 0 Å². The summed E-state index contributed by atoms with van der Waals surface area (Å²) in [6.45, 7) is 6.91. The Morgan fingerprint density at radius 1 is 0.396 bits per heavy atom. The molecular formula is C52H39N. The van der Waals surface area contributed by atoms with E-state index in [-0.39, 0.29) is 5.41 Å². The zero-order valence-electron chi connectivity index (χ0n) is 30.3. The minimum absolute atomic E-state index is 0.159. The maximum atomic E-state index is 2.53. The monoisotopic (exact) mass is 677 g/mol. The quantitative estimate of drug-likeness (QED) is 0.175. The SMILES string of the molecule is Cc1ccc(-c2ccc(N(c3cccc4c3-c3cc5ccccc5cc3C4(C)C)c3ccc4ccccc4c3-c3cccc4ccccc34)cc2)cc1. The Morgan fingerprint density at radius 2 is 0.962 bits per heavy atom. The molecule has 1 nitrogen and oxygen atoms in total. The van der Waals surface area contributed by atoms with Crippen LogP contribution in [-0.4, -0.2) is 0 Å². The fourth-order valence-corrected chi connectivity index (χ4v) is 8.77. The fourth-order valence-electron chi connectivity index (χ4n) is 8.77. The van der Waals surface area contributed by atoms with E-state index >= 15 is 0 Å². The summed E-state index contributed by atoms with van der Waals surface area (Å²) >= 11 is 0. The van der Waals surface area contributed by atoms with Crippen LogP contribution >= 0.6 is 0 Å². The van der Waals surface area contributed by atoms with Gasteiger partial charge in [-0.2, -0.15) is 0 Å². The third kappa shape index (κ3) is 4.99. The zero-order chi connectivity index (χ0) is 35.7. The normalized spacial score (nSPS) is 13.0. The molecule has 0 radical (unpaired) electrons. The number of hydrogen-bond acceptors (Lipinski definition) is 1. The van der Waals surface area contributed by atoms with Crippen molar-refractivity contribution in [2.24, 2.45) is 0 Å². The van der Waals surface area contributed by atoms with Gasteiger partial charge in [-0.3, -0.25) is 0 Å². The number of benzene rings is 9. The number of nitrogens with zero attached hydrogens (tertiary/aromatic N) is 1. The first-order chi connectivity index (χ1) is 26.0. The summed E-state index contributed by atoms with van der Waals surface area (Å²) in [6.07, 6.45) is 0. The van der Waals surface area contributed by atoms with Crippen molar-refractivity contribution in [1.82, 2.24) is 0 Å². The van der Waals surface area contributed by atoms with Gasteiger partial charge >= 0.3 is 0 Å². The van der Waals surface area contributed by atoms with Crippen LogP contribution in [0.1, 0.15) is 30.5 Å². The molecular weight excluding hydrogens is 639 g/mol. The topological polar surface area (TPSA) is 3.24 Å². The minimum atomic E-state index is -0.159. The highest BCUT2D eigenvalue weighted by molar-refractivity contribution is 6.12. The summed E-state index contributed by atoms with van der Waals surface area (Å²) in [5, 5.41) is 7.50. The lowest BCUT2D eigenvalue weighted by Crippen LogP contribution is -2.16. The van der Waals surface area contributed by atoms with E-state index in [1.165, 1.54) is 88.1 Å². The van der Waals surface area contributed by atoms with Gasteiger partial charge in [-0.05, 0) is 109 Å². The molecule has 0 amide bonds. The van der Waals surface area contributed by atoms with Gasteiger partial charge in [-0.25, -0.2) is 0 Å². The molecule has 0 unspecified atom stereocenters. The number of fused-ring (bicyclic) bond motifs is 6. The van der Waals surface area contributed by atoms with Crippen molar-refractivity contribution in [2.45, 2.75) is 26.2 Å². The van der Waals surface area contributed by atoms with Crippen molar-refractivity contribution in [1.29, 1.82) is 0 Å². The smallest absolute Gasteiger partial charge is 0.0546 e. The van der Waals surface area contributed by atoms with Crippen molar-refractivity contribution < 1.29 is 0 Å². The number of aryl methyl sites for hydroxylation is 1. The molecule has 0 heterocycles. The molecule has 0 aliphatic heterocycles. The molecule has 9 aromatic carbocycles. The standard InChI is InChI=1S/C52H39N/c1-34-22-24-35(25-23-34)36-26-29-41(30-27-36)53(48-21-11-20-46-51(48)45-32-39-14-4-5-15-40(39)33-47(45)52(46,2)3)49-31-28-38-13-7-9-18-43(38)50(49)44-19-10-16-37-12-6-8-17-42(37)44/h4-33H,1-3H3. The van der Waals surface area contributed by atoms with Crippen LogP contribution in [0.4, 0.5) is 17.1 Å². The fraction of sp³-hybridized carbons (Fsp3) is 0.0769. The average Bonchev–Trinajstić information content (AvgIpc) is 3.43. The van der Waals surface area contributed by atoms with E-state index in [9.17, 15) is 0 Å². The van der Waals surface area contributed by atoms with E-state index in [2.05, 4.69) is 208 Å². The Kier molecular flexibility index (Phi) is 7.13. The highest BCUT2D eigenvalue weighted by Gasteiger charge is 2.38. The summed E-state index contributed by atoms with van der Waals surface area (Å²) < 4.78 is 0. The summed E-state index contributed by atoms with van der Waals surface area (Å²) in [7, 11) is 0. The van der Waals surface area contributed by atoms with Crippen LogP contribution < -0.4 is 4.90 Å². The van der Waals surface area contributed by atoms with Crippen molar-refractivity contribution in [3.63, 3.8) is 0 Å². The van der Waals surface area contributed by atoms with E-state index in [1.54, 1.807) is 0 Å². The van der Waals surface area contributed by atoms with E-state index < -0.39 is 0 Å². The van der Waals surface area contributed by atoms with Gasteiger partial charge in [0.05, 0.1) is 11.4 Å². The van der Waals surface area contributed by atoms with Crippen LogP contribution in [-0.2, 0) is 5.41 Å². The number of anilines is 3. The van der Waals surface area contributed by atoms with Gasteiger partial charge in [-0.1, -0.05) is 165 Å². The molecule has 0 aromatic heterocycles. The average molecular weight is 678 g/mol. The van der Waals surface area contributed by atoms with Crippen LogP contribution in [0.3, 0.4) is 0 Å². The lowest BCUT2D eigenvalue weighted by atomic mass is 9.82. The molecule has 0 N–H and O–H groups in total. The first-order valence-electron chi connectivity index (χ1n) is 18.6. The van der Waals surface area contributed by atoms with E-state index in [0.717, 1.165) is 11.4 Å². The Labute approximate surface area is 311 Å². The van der Waals surface area contributed by atoms with Gasteiger partial charge in [0, 0.05) is 22.2 Å². The predicted octanol–water partition coefficient (Wildman–Crippen LogP) is 14.6. The number of hydrogen-bond donors (Lipinski definition) is 0. The molecule has 0 saturated heterocycles. The van der Waals surface area contributed by atoms with Crippen LogP contribution in [0.5, 0.6) is 0 Å². The Hall–Kier alpha value is -6.44. The molecule has 53 heavy (non-hydrogen) atoms. The molecule has 0 atom stereocenters. The maximum absolute atomic E-state index is 2.53. The first kappa shape index (κ1) is 31.3. The Bertz CT molecular complexity index is 2850. The Balaban J connectivity index is 1.29. The molecule has 1 aliphatic rings. The van der Waals surface area contributed by atoms with Crippen LogP contribution in [0.15, 0.2) is 182 Å². The second-order valence-corrected chi connectivity index (χ2v) is 15.0. The largest absolute Gasteiger partial charge is 0.309 e. The first-order valence-corrected chi connectivity index (χ1v) is 18.6. The second kappa shape index (κ2) is 12.1. The van der Waals surface area contributed by atoms with Gasteiger partial charge in [0.2, 0.25) is 0 Å². The predicted molar refractivity (Wildman–Crippen MR) is 227 cm³/mol. The van der Waals surface area contributed by atoms with Gasteiger partial charge in [0.15, 0.2) is 0 Å². The minimum Gasteiger partial charge on any atom is -0.309 e. The van der Waals surface area contributed by atoms with Crippen LogP contribution in [0.25, 0.3) is 65.7 Å². The highest BCUT2D eigenvalue weighted by atomic mass is 15.1. The molecule has 1 aliphatic carbocycles. The van der Waals surface area contributed by atoms with Crippen molar-refractivity contribution in [3.05, 3.63) is 199 Å². The summed E-state index contributed by atoms with van der Waals surface area (Å²) in [4.78, 5) is 2.53. The van der Waals surface area contributed by atoms with Gasteiger partial charge in [0.1, 0.15) is 0 Å². The summed E-state index contributed by atoms with van der Waals surface area (Å²) in [5.41, 5.74) is 14.8. The van der Waals surface area contributed by atoms with Crippen molar-refractivity contribution in [3.8, 4) is 33.4 Å². The molecule has 0 spiro atoms. The van der Waals surface area contributed by atoms with Crippen LogP contribution in [0.2, 0.25) is 0 Å². The highest BCUT2D eigenvalue weighted by Crippen LogP contribution is 2.56. The lowest BCUT2D eigenvalue weighted by Gasteiger charge is -2.31. The maximum Gasteiger partial charge on any atom is 0.0546 e. The summed E-state index contributed by atoms with van der Waals surface area (Å²) in [6, 6.07) is 67.5. The zero-order valence-corrected chi connectivity index (χ0v) is 30.3. The summed E-state index contributed by atoms with van der Waals surface area (Å²) in [5.74, 6) is 0. The molecule has 9 aromatic rings. The lowest BCUT2D eigenvalue weighted by molar-refractivity contribution is 0.661. The van der Waals surface area contributed by atoms with E-state index in [0.29, 0.717) is 0 Å². The van der Waals surface area contributed by atoms with Gasteiger partial charge in [-0.15, -0.1) is 0 Å². The van der Waals surface area contributed by atoms with Crippen molar-refractivity contribution in [2.75, 3.05) is 4.90 Å². The van der Waals surface area contributed by atoms with Crippen LogP contribution in [0, 0.1) is 6.92 Å². The molecule has 0 saturated carbocycles. The number of rotatable bonds is 5. The van der Waals surface area contributed by atoms with E-state index in [4.69, 9.17) is 0 Å². The molecule has 252 valence electrons. The molecule has 0 fully saturated rings. The third-order valence-electron chi connectivity index (χ3n) is 11.5. The molecule has 1 heteroatoms. The van der Waals surface area contributed by atoms with Gasteiger partial charge < -0.3 is 4.90 Å². The molecule has 10 rings (SSSR count). The van der Waals surface area contributed by atoms with Gasteiger partial charge in [0.25, 0.3) is 0 Å². The second-order valence-electron chi connectivity index (χ2n) is 15.0. The van der Waals surface area contributed by atoms with Crippen molar-refractivity contribution >= 4 is 49.4 Å². The Morgan fingerprint density at radius 3 is 1.70 bits per heavy atom. The third-order valence-corrected chi connectivity index (χ3v) is 11.5. The molecule has 0 bridgehead atoms.